The van der Waals surface area contributed by atoms with E-state index in [4.69, 9.17) is 4.74 Å². The minimum Gasteiger partial charge on any atom is -1.00 e. The van der Waals surface area contributed by atoms with E-state index in [1.165, 1.54) is 13.2 Å². The number of Topliss-reactive ketones (excluding diaryl/α,β-unsaturated/α-hetero) is 1. The van der Waals surface area contributed by atoms with Crippen molar-refractivity contribution in [2.75, 3.05) is 7.11 Å². The van der Waals surface area contributed by atoms with Gasteiger partial charge in [-0.1, -0.05) is 0 Å². The number of rotatable bonds is 2. The molecule has 1 aromatic rings. The molecular weight excluding hydrogens is 247 g/mol. The van der Waals surface area contributed by atoms with Crippen LogP contribution in [0.3, 0.4) is 0 Å². The van der Waals surface area contributed by atoms with Gasteiger partial charge in [0.15, 0.2) is 11.4 Å². The Bertz CT molecular complexity index is 393. The van der Waals surface area contributed by atoms with Gasteiger partial charge in [-0.2, -0.15) is 13.2 Å². The SMILES string of the molecule is COc1ccc(C(=O)C(F)(F)F)cc1[NH3+].[Cl-]. The Hall–Kier alpha value is -1.27. The maximum Gasteiger partial charge on any atom is 0.454 e. The van der Waals surface area contributed by atoms with Gasteiger partial charge in [-0.25, -0.2) is 0 Å². The van der Waals surface area contributed by atoms with E-state index >= 15 is 0 Å². The van der Waals surface area contributed by atoms with Gasteiger partial charge in [0.1, 0.15) is 0 Å². The van der Waals surface area contributed by atoms with Crippen LogP contribution in [-0.4, -0.2) is 19.1 Å². The smallest absolute Gasteiger partial charge is 0.454 e. The zero-order valence-electron chi connectivity index (χ0n) is 8.27. The first-order valence-corrected chi connectivity index (χ1v) is 3.98. The number of ketones is 1. The van der Waals surface area contributed by atoms with Gasteiger partial charge in [-0.15, -0.1) is 0 Å². The second-order valence-electron chi connectivity index (χ2n) is 2.85. The predicted molar refractivity (Wildman–Crippen MR) is 45.9 cm³/mol. The molecule has 0 fully saturated rings. The number of methoxy groups -OCH3 is 1. The van der Waals surface area contributed by atoms with Gasteiger partial charge in [0, 0.05) is 11.6 Å². The molecule has 7 heteroatoms. The van der Waals surface area contributed by atoms with Crippen molar-refractivity contribution in [2.24, 2.45) is 0 Å². The van der Waals surface area contributed by atoms with Crippen molar-refractivity contribution >= 4 is 11.5 Å². The molecule has 0 aliphatic carbocycles. The molecule has 16 heavy (non-hydrogen) atoms. The standard InChI is InChI=1S/C9H8F3NO2.ClH/c1-15-7-3-2-5(4-6(7)13)8(14)9(10,11)12;/h2-4H,13H2,1H3;1H. The van der Waals surface area contributed by atoms with Crippen LogP contribution in [0.5, 0.6) is 5.75 Å². The zero-order chi connectivity index (χ0) is 11.6. The normalized spacial score (nSPS) is 10.6. The lowest BCUT2D eigenvalue weighted by Crippen LogP contribution is -3.00. The lowest BCUT2D eigenvalue weighted by molar-refractivity contribution is -0.256. The molecule has 0 saturated carbocycles. The van der Waals surface area contributed by atoms with Gasteiger partial charge >= 0.3 is 6.18 Å². The summed E-state index contributed by atoms with van der Waals surface area (Å²) in [6, 6.07) is 3.39. The van der Waals surface area contributed by atoms with Crippen LogP contribution in [0.4, 0.5) is 18.9 Å². The summed E-state index contributed by atoms with van der Waals surface area (Å²) in [6.45, 7) is 0. The largest absolute Gasteiger partial charge is 1.00 e. The number of ether oxygens (including phenoxy) is 1. The first kappa shape index (κ1) is 14.7. The first-order chi connectivity index (χ1) is 6.86. The second kappa shape index (κ2) is 5.18. The molecule has 0 spiro atoms. The fourth-order valence-electron chi connectivity index (χ4n) is 1.08. The Morgan fingerprint density at radius 2 is 1.94 bits per heavy atom. The monoisotopic (exact) mass is 255 g/mol. The number of carbonyl (C=O) groups excluding carboxylic acids is 1. The summed E-state index contributed by atoms with van der Waals surface area (Å²) in [4.78, 5) is 10.8. The molecule has 0 bridgehead atoms. The molecule has 0 heterocycles. The summed E-state index contributed by atoms with van der Waals surface area (Å²) in [5.41, 5.74) is 3.28. The van der Waals surface area contributed by atoms with E-state index in [1.54, 1.807) is 0 Å². The number of quaternary nitrogens is 1. The van der Waals surface area contributed by atoms with E-state index in [0.717, 1.165) is 12.1 Å². The molecule has 0 saturated heterocycles. The van der Waals surface area contributed by atoms with Gasteiger partial charge in [-0.05, 0) is 12.1 Å². The number of carbonyl (C=O) groups is 1. The molecule has 0 radical (unpaired) electrons. The van der Waals surface area contributed by atoms with E-state index in [1.807, 2.05) is 0 Å². The van der Waals surface area contributed by atoms with Gasteiger partial charge in [0.05, 0.1) is 7.11 Å². The molecular formula is C9H9ClF3NO2. The zero-order valence-corrected chi connectivity index (χ0v) is 9.02. The molecule has 0 amide bonds. The molecule has 0 aliphatic heterocycles. The number of benzene rings is 1. The Labute approximate surface area is 95.8 Å². The first-order valence-electron chi connectivity index (χ1n) is 3.98. The van der Waals surface area contributed by atoms with Crippen LogP contribution in [0.2, 0.25) is 0 Å². The summed E-state index contributed by atoms with van der Waals surface area (Å²) in [5, 5.41) is 0. The summed E-state index contributed by atoms with van der Waals surface area (Å²) in [6.07, 6.45) is -4.86. The van der Waals surface area contributed by atoms with Crippen molar-refractivity contribution in [3.05, 3.63) is 23.8 Å². The van der Waals surface area contributed by atoms with Crippen LogP contribution in [0.25, 0.3) is 0 Å². The molecule has 90 valence electrons. The summed E-state index contributed by atoms with van der Waals surface area (Å²) < 4.78 is 41.0. The highest BCUT2D eigenvalue weighted by Crippen LogP contribution is 2.26. The van der Waals surface area contributed by atoms with Gasteiger partial charge < -0.3 is 22.9 Å². The lowest BCUT2D eigenvalue weighted by atomic mass is 10.1. The number of hydrogen-bond acceptors (Lipinski definition) is 2. The van der Waals surface area contributed by atoms with E-state index in [9.17, 15) is 18.0 Å². The topological polar surface area (TPSA) is 53.9 Å². The summed E-state index contributed by atoms with van der Waals surface area (Å²) in [5.74, 6) is -1.54. The molecule has 1 aromatic carbocycles. The highest BCUT2D eigenvalue weighted by Gasteiger charge is 2.39. The Kier molecular flexibility index (Phi) is 4.77. The van der Waals surface area contributed by atoms with Crippen LogP contribution in [0, 0.1) is 0 Å². The summed E-state index contributed by atoms with van der Waals surface area (Å²) in [7, 11) is 1.37. The third-order valence-electron chi connectivity index (χ3n) is 1.80. The quantitative estimate of drug-likeness (QED) is 0.642. The van der Waals surface area contributed by atoms with Crippen LogP contribution in [0.1, 0.15) is 10.4 Å². The maximum absolute atomic E-state index is 12.0. The van der Waals surface area contributed by atoms with Crippen molar-refractivity contribution in [3.8, 4) is 5.75 Å². The minimum absolute atomic E-state index is 0. The van der Waals surface area contributed by atoms with E-state index in [-0.39, 0.29) is 18.1 Å². The van der Waals surface area contributed by atoms with E-state index in [2.05, 4.69) is 5.73 Å². The predicted octanol–water partition coefficient (Wildman–Crippen LogP) is -1.68. The van der Waals surface area contributed by atoms with E-state index < -0.39 is 17.5 Å². The second-order valence-corrected chi connectivity index (χ2v) is 2.85. The number of alkyl halides is 3. The molecule has 0 unspecified atom stereocenters. The third-order valence-corrected chi connectivity index (χ3v) is 1.80. The molecule has 1 rings (SSSR count). The molecule has 0 aromatic heterocycles. The highest BCUT2D eigenvalue weighted by molar-refractivity contribution is 6.00. The Morgan fingerprint density at radius 3 is 2.31 bits per heavy atom. The molecule has 3 nitrogen and oxygen atoms in total. The van der Waals surface area contributed by atoms with Crippen LogP contribution in [-0.2, 0) is 0 Å². The highest BCUT2D eigenvalue weighted by atomic mass is 35.5. The number of hydrogen-bond donors (Lipinski definition) is 1. The summed E-state index contributed by atoms with van der Waals surface area (Å²) >= 11 is 0. The van der Waals surface area contributed by atoms with Gasteiger partial charge in [0.25, 0.3) is 5.78 Å². The molecule has 3 N–H and O–H groups in total. The third kappa shape index (κ3) is 3.11. The number of halogens is 4. The lowest BCUT2D eigenvalue weighted by Gasteiger charge is -2.06. The minimum atomic E-state index is -4.86. The van der Waals surface area contributed by atoms with Crippen molar-refractivity contribution in [1.82, 2.24) is 0 Å². The van der Waals surface area contributed by atoms with E-state index in [0.29, 0.717) is 5.75 Å². The fraction of sp³-hybridized carbons (Fsp3) is 0.222. The van der Waals surface area contributed by atoms with Gasteiger partial charge in [-0.3, -0.25) is 4.79 Å². The Balaban J connectivity index is 0.00000225. The Morgan fingerprint density at radius 1 is 1.38 bits per heavy atom. The van der Waals surface area contributed by atoms with Crippen molar-refractivity contribution in [1.29, 1.82) is 0 Å². The fourth-order valence-corrected chi connectivity index (χ4v) is 1.08. The molecule has 0 atom stereocenters. The van der Waals surface area contributed by atoms with Crippen molar-refractivity contribution in [3.63, 3.8) is 0 Å². The van der Waals surface area contributed by atoms with Crippen LogP contribution < -0.4 is 22.9 Å². The van der Waals surface area contributed by atoms with Gasteiger partial charge in [0.2, 0.25) is 0 Å². The van der Waals surface area contributed by atoms with Crippen molar-refractivity contribution < 1.29 is 40.8 Å². The average Bonchev–Trinajstić information content (AvgIpc) is 2.15. The average molecular weight is 256 g/mol. The van der Waals surface area contributed by atoms with Crippen molar-refractivity contribution in [2.45, 2.75) is 6.18 Å². The molecule has 0 aliphatic rings. The van der Waals surface area contributed by atoms with Crippen LogP contribution >= 0.6 is 0 Å². The van der Waals surface area contributed by atoms with Crippen LogP contribution in [0.15, 0.2) is 18.2 Å². The maximum atomic E-state index is 12.0.